The third-order valence-electron chi connectivity index (χ3n) is 3.83. The first kappa shape index (κ1) is 19.1. The molecule has 27 heavy (non-hydrogen) atoms. The smallest absolute Gasteiger partial charge is 0.240 e. The molecule has 0 radical (unpaired) electrons. The number of nitrogens with zero attached hydrogens (tertiary/aromatic N) is 1. The summed E-state index contributed by atoms with van der Waals surface area (Å²) in [6.07, 6.45) is 1.71. The summed E-state index contributed by atoms with van der Waals surface area (Å²) < 4.78 is 38.6. The zero-order valence-corrected chi connectivity index (χ0v) is 16.3. The maximum Gasteiger partial charge on any atom is 0.240 e. The minimum atomic E-state index is -3.61. The second-order valence-corrected chi connectivity index (χ2v) is 8.17. The first-order chi connectivity index (χ1) is 12.8. The van der Waals surface area contributed by atoms with Crippen LogP contribution in [0.3, 0.4) is 0 Å². The molecule has 1 aromatic heterocycles. The van der Waals surface area contributed by atoms with Gasteiger partial charge in [0, 0.05) is 19.0 Å². The number of sulfonamides is 1. The number of rotatable bonds is 7. The molecule has 0 saturated carbocycles. The highest BCUT2D eigenvalue weighted by Crippen LogP contribution is 2.22. The van der Waals surface area contributed by atoms with Crippen molar-refractivity contribution in [3.63, 3.8) is 0 Å². The van der Waals surface area contributed by atoms with Crippen LogP contribution in [0.15, 0.2) is 64.0 Å². The van der Waals surface area contributed by atoms with Crippen LogP contribution in [0.5, 0.6) is 5.75 Å². The number of aromatic nitrogens is 1. The fourth-order valence-electron chi connectivity index (χ4n) is 2.51. The van der Waals surface area contributed by atoms with Crippen LogP contribution in [0.4, 0.5) is 0 Å². The van der Waals surface area contributed by atoms with Gasteiger partial charge in [-0.3, -0.25) is 0 Å². The third kappa shape index (κ3) is 4.96. The molecule has 0 aliphatic carbocycles. The van der Waals surface area contributed by atoms with Crippen LogP contribution in [0.25, 0.3) is 11.3 Å². The summed E-state index contributed by atoms with van der Waals surface area (Å²) in [5.74, 6) is 1.93. The predicted molar refractivity (Wildman–Crippen MR) is 103 cm³/mol. The van der Waals surface area contributed by atoms with E-state index in [1.54, 1.807) is 37.4 Å². The number of aryl methyl sites for hydroxylation is 1. The van der Waals surface area contributed by atoms with Crippen molar-refractivity contribution in [3.05, 3.63) is 66.2 Å². The standard InChI is InChI=1S/C20H22N2O4S/c1-14(2)25-18-8-4-16(5-9-18)12-22-27(23,24)19-10-6-17(7-11-19)20-13-21-15(3)26-20/h4-11,13-14,22H,12H2,1-3H3. The summed E-state index contributed by atoms with van der Waals surface area (Å²) in [7, 11) is -3.61. The highest BCUT2D eigenvalue weighted by molar-refractivity contribution is 7.89. The zero-order chi connectivity index (χ0) is 19.4. The van der Waals surface area contributed by atoms with Gasteiger partial charge >= 0.3 is 0 Å². The second kappa shape index (κ2) is 7.94. The van der Waals surface area contributed by atoms with Crippen molar-refractivity contribution in [3.8, 4) is 17.1 Å². The summed E-state index contributed by atoms with van der Waals surface area (Å²) in [6.45, 7) is 5.87. The SMILES string of the molecule is Cc1ncc(-c2ccc(S(=O)(=O)NCc3ccc(OC(C)C)cc3)cc2)o1. The molecule has 0 amide bonds. The van der Waals surface area contributed by atoms with Gasteiger partial charge in [-0.25, -0.2) is 18.1 Å². The monoisotopic (exact) mass is 386 g/mol. The van der Waals surface area contributed by atoms with Crippen LogP contribution in [0.2, 0.25) is 0 Å². The molecule has 3 rings (SSSR count). The van der Waals surface area contributed by atoms with E-state index >= 15 is 0 Å². The molecule has 0 saturated heterocycles. The number of oxazole rings is 1. The molecule has 0 aliphatic heterocycles. The van der Waals surface area contributed by atoms with Gasteiger partial charge in [-0.2, -0.15) is 0 Å². The Morgan fingerprint density at radius 1 is 1.07 bits per heavy atom. The molecule has 6 nitrogen and oxygen atoms in total. The molecule has 2 aromatic carbocycles. The van der Waals surface area contributed by atoms with E-state index in [1.807, 2.05) is 38.1 Å². The lowest BCUT2D eigenvalue weighted by atomic mass is 10.2. The van der Waals surface area contributed by atoms with E-state index in [0.29, 0.717) is 11.7 Å². The highest BCUT2D eigenvalue weighted by Gasteiger charge is 2.14. The Morgan fingerprint density at radius 2 is 1.74 bits per heavy atom. The number of ether oxygens (including phenoxy) is 1. The molecule has 142 valence electrons. The molecule has 0 bridgehead atoms. The Balaban J connectivity index is 1.66. The molecule has 0 fully saturated rings. The van der Waals surface area contributed by atoms with Crippen molar-refractivity contribution in [2.45, 2.75) is 38.3 Å². The number of hydrogen-bond acceptors (Lipinski definition) is 5. The van der Waals surface area contributed by atoms with Gasteiger partial charge in [0.2, 0.25) is 10.0 Å². The number of nitrogens with one attached hydrogen (secondary N) is 1. The average molecular weight is 386 g/mol. The molecule has 0 aliphatic rings. The van der Waals surface area contributed by atoms with Crippen molar-refractivity contribution in [2.24, 2.45) is 0 Å². The van der Waals surface area contributed by atoms with Crippen molar-refractivity contribution >= 4 is 10.0 Å². The van der Waals surface area contributed by atoms with Gasteiger partial charge in [0.05, 0.1) is 17.2 Å². The first-order valence-corrected chi connectivity index (χ1v) is 10.1. The van der Waals surface area contributed by atoms with Gasteiger partial charge < -0.3 is 9.15 Å². The van der Waals surface area contributed by atoms with Crippen LogP contribution in [-0.4, -0.2) is 19.5 Å². The Bertz CT molecular complexity index is 991. The summed E-state index contributed by atoms with van der Waals surface area (Å²) in [5.41, 5.74) is 1.62. The van der Waals surface area contributed by atoms with Gasteiger partial charge in [0.25, 0.3) is 0 Å². The van der Waals surface area contributed by atoms with Crippen molar-refractivity contribution in [1.29, 1.82) is 0 Å². The lowest BCUT2D eigenvalue weighted by Gasteiger charge is -2.11. The summed E-state index contributed by atoms with van der Waals surface area (Å²) >= 11 is 0. The summed E-state index contributed by atoms with van der Waals surface area (Å²) in [6, 6.07) is 13.9. The van der Waals surface area contributed by atoms with Crippen LogP contribution < -0.4 is 9.46 Å². The molecule has 7 heteroatoms. The van der Waals surface area contributed by atoms with E-state index in [2.05, 4.69) is 9.71 Å². The Hall–Kier alpha value is -2.64. The summed E-state index contributed by atoms with van der Waals surface area (Å²) in [5, 5.41) is 0. The molecule has 3 aromatic rings. The summed E-state index contributed by atoms with van der Waals surface area (Å²) in [4.78, 5) is 4.24. The van der Waals surface area contributed by atoms with E-state index < -0.39 is 10.0 Å². The quantitative estimate of drug-likeness (QED) is 0.666. The third-order valence-corrected chi connectivity index (χ3v) is 5.25. The molecule has 1 N–H and O–H groups in total. The maximum atomic E-state index is 12.5. The maximum absolute atomic E-state index is 12.5. The van der Waals surface area contributed by atoms with Crippen LogP contribution in [0.1, 0.15) is 25.3 Å². The van der Waals surface area contributed by atoms with Gasteiger partial charge in [-0.05, 0) is 55.8 Å². The minimum absolute atomic E-state index is 0.0956. The van der Waals surface area contributed by atoms with Crippen LogP contribution in [0, 0.1) is 6.92 Å². The Morgan fingerprint density at radius 3 is 2.30 bits per heavy atom. The average Bonchev–Trinajstić information content (AvgIpc) is 3.07. The van der Waals surface area contributed by atoms with Crippen LogP contribution in [-0.2, 0) is 16.6 Å². The Labute approximate surface area is 159 Å². The Kier molecular flexibility index (Phi) is 5.62. The number of benzene rings is 2. The first-order valence-electron chi connectivity index (χ1n) is 8.61. The van der Waals surface area contributed by atoms with E-state index in [-0.39, 0.29) is 17.5 Å². The lowest BCUT2D eigenvalue weighted by molar-refractivity contribution is 0.242. The van der Waals surface area contributed by atoms with Gasteiger partial charge in [-0.15, -0.1) is 0 Å². The fraction of sp³-hybridized carbons (Fsp3) is 0.250. The molecule has 0 atom stereocenters. The van der Waals surface area contributed by atoms with Crippen molar-refractivity contribution < 1.29 is 17.6 Å². The second-order valence-electron chi connectivity index (χ2n) is 6.40. The van der Waals surface area contributed by atoms with Crippen molar-refractivity contribution in [2.75, 3.05) is 0 Å². The largest absolute Gasteiger partial charge is 0.491 e. The van der Waals surface area contributed by atoms with E-state index in [9.17, 15) is 8.42 Å². The van der Waals surface area contributed by atoms with Crippen molar-refractivity contribution in [1.82, 2.24) is 9.71 Å². The topological polar surface area (TPSA) is 81.4 Å². The van der Waals surface area contributed by atoms with E-state index in [1.165, 1.54) is 0 Å². The lowest BCUT2D eigenvalue weighted by Crippen LogP contribution is -2.23. The van der Waals surface area contributed by atoms with Gasteiger partial charge in [0.1, 0.15) is 5.75 Å². The molecule has 1 heterocycles. The predicted octanol–water partition coefficient (Wildman–Crippen LogP) is 3.92. The molecular formula is C20H22N2O4S. The van der Waals surface area contributed by atoms with Gasteiger partial charge in [0.15, 0.2) is 11.7 Å². The van der Waals surface area contributed by atoms with Gasteiger partial charge in [-0.1, -0.05) is 12.1 Å². The highest BCUT2D eigenvalue weighted by atomic mass is 32.2. The minimum Gasteiger partial charge on any atom is -0.491 e. The fourth-order valence-corrected chi connectivity index (χ4v) is 3.53. The molecular weight excluding hydrogens is 364 g/mol. The normalized spacial score (nSPS) is 11.7. The van der Waals surface area contributed by atoms with E-state index in [0.717, 1.165) is 16.9 Å². The zero-order valence-electron chi connectivity index (χ0n) is 15.5. The molecule has 0 unspecified atom stereocenters. The van der Waals surface area contributed by atoms with Crippen LogP contribution >= 0.6 is 0 Å². The molecule has 0 spiro atoms. The number of hydrogen-bond donors (Lipinski definition) is 1. The van der Waals surface area contributed by atoms with E-state index in [4.69, 9.17) is 9.15 Å².